The second-order valence-electron chi connectivity index (χ2n) is 10.3. The number of aryl methyl sites for hydroxylation is 2. The van der Waals surface area contributed by atoms with Gasteiger partial charge in [-0.05, 0) is 54.6 Å². The average Bonchev–Trinajstić information content (AvgIpc) is 3.49. The molecule has 43 heavy (non-hydrogen) atoms. The molecule has 0 radical (unpaired) electrons. The Kier molecular flexibility index (Phi) is 7.72. The Morgan fingerprint density at radius 3 is 2.44 bits per heavy atom. The average molecular weight is 746 g/mol. The van der Waals surface area contributed by atoms with Crippen LogP contribution in [0.15, 0.2) is 97.2 Å². The van der Waals surface area contributed by atoms with Crippen LogP contribution < -0.4 is 4.74 Å². The summed E-state index contributed by atoms with van der Waals surface area (Å²) in [5, 5.41) is 6.87. The van der Waals surface area contributed by atoms with Crippen LogP contribution in [0.25, 0.3) is 44.4 Å². The Morgan fingerprint density at radius 1 is 0.837 bits per heavy atom. The molecular weight excluding hydrogens is 718 g/mol. The summed E-state index contributed by atoms with van der Waals surface area (Å²) < 4.78 is 24.4. The quantitative estimate of drug-likeness (QED) is 0.160. The van der Waals surface area contributed by atoms with E-state index in [1.54, 1.807) is 0 Å². The van der Waals surface area contributed by atoms with E-state index in [-0.39, 0.29) is 26.9 Å². The zero-order valence-electron chi connectivity index (χ0n) is 23.8. The van der Waals surface area contributed by atoms with Crippen molar-refractivity contribution in [3.63, 3.8) is 0 Å². The maximum atomic E-state index is 14.3. The number of ether oxygens (including phenoxy) is 1. The SMILES string of the molecule is CCc1ccc2c(c1)c1ccc(Oc3[c-]c(-n4nc(C)c(-c5ccccc5)c4C)ccc3)[c-]c1n2-c1cc(F)ccn1.[Pt+2]. The standard InChI is InChI=1S/C36H27FN4O.Pt/c1-4-25-13-16-33-32(19-25)31-15-14-30(22-34(31)40(33)35-20-27(37)17-18-38-35)42-29-12-8-11-28(21-29)41-24(3)36(23(2)39-41)26-9-6-5-7-10-26;/h5-20H,4H2,1-3H3;/q-2;+2. The Bertz CT molecular complexity index is 2100. The van der Waals surface area contributed by atoms with Crippen molar-refractivity contribution in [1.82, 2.24) is 19.3 Å². The van der Waals surface area contributed by atoms with Crippen molar-refractivity contribution < 1.29 is 30.2 Å². The second kappa shape index (κ2) is 11.6. The third-order valence-corrected chi connectivity index (χ3v) is 7.61. The summed E-state index contributed by atoms with van der Waals surface area (Å²) >= 11 is 0. The summed E-state index contributed by atoms with van der Waals surface area (Å²) in [4.78, 5) is 4.47. The molecule has 0 fully saturated rings. The third kappa shape index (κ3) is 5.17. The molecule has 7 aromatic rings. The number of hydrogen-bond donors (Lipinski definition) is 0. The fraction of sp³-hybridized carbons (Fsp3) is 0.111. The van der Waals surface area contributed by atoms with Gasteiger partial charge >= 0.3 is 21.1 Å². The molecule has 7 heteroatoms. The zero-order valence-corrected chi connectivity index (χ0v) is 26.1. The molecule has 0 aliphatic carbocycles. The van der Waals surface area contributed by atoms with Crippen molar-refractivity contribution in [1.29, 1.82) is 0 Å². The third-order valence-electron chi connectivity index (χ3n) is 7.61. The summed E-state index contributed by atoms with van der Waals surface area (Å²) in [5.41, 5.74) is 7.90. The summed E-state index contributed by atoms with van der Waals surface area (Å²) in [6.07, 6.45) is 2.39. The van der Waals surface area contributed by atoms with Crippen LogP contribution in [0.5, 0.6) is 11.5 Å². The van der Waals surface area contributed by atoms with Gasteiger partial charge in [0.05, 0.1) is 5.69 Å². The van der Waals surface area contributed by atoms with E-state index < -0.39 is 0 Å². The Morgan fingerprint density at radius 2 is 1.65 bits per heavy atom. The number of hydrogen-bond acceptors (Lipinski definition) is 3. The van der Waals surface area contributed by atoms with E-state index in [9.17, 15) is 4.39 Å². The molecule has 5 nitrogen and oxygen atoms in total. The first kappa shape index (κ1) is 28.6. The Labute approximate surface area is 263 Å². The first-order chi connectivity index (χ1) is 20.5. The molecule has 0 aliphatic heterocycles. The molecule has 0 atom stereocenters. The van der Waals surface area contributed by atoms with Gasteiger partial charge in [0.1, 0.15) is 11.6 Å². The summed E-state index contributed by atoms with van der Waals surface area (Å²) in [5.74, 6) is 1.20. The predicted octanol–water partition coefficient (Wildman–Crippen LogP) is 8.74. The molecular formula is C36H27FN4OPt. The predicted molar refractivity (Wildman–Crippen MR) is 164 cm³/mol. The maximum absolute atomic E-state index is 14.3. The van der Waals surface area contributed by atoms with Gasteiger partial charge in [0, 0.05) is 40.5 Å². The van der Waals surface area contributed by atoms with E-state index in [1.165, 1.54) is 23.9 Å². The molecule has 0 bridgehead atoms. The maximum Gasteiger partial charge on any atom is 2.00 e. The summed E-state index contributed by atoms with van der Waals surface area (Å²) in [6, 6.07) is 35.9. The van der Waals surface area contributed by atoms with Crippen molar-refractivity contribution in [3.05, 3.63) is 132 Å². The molecule has 0 spiro atoms. The van der Waals surface area contributed by atoms with Gasteiger partial charge < -0.3 is 9.30 Å². The van der Waals surface area contributed by atoms with Gasteiger partial charge in [-0.2, -0.15) is 17.2 Å². The fourth-order valence-electron chi connectivity index (χ4n) is 5.64. The number of nitrogens with zero attached hydrogens (tertiary/aromatic N) is 4. The van der Waals surface area contributed by atoms with Gasteiger partial charge in [0.2, 0.25) is 0 Å². The van der Waals surface area contributed by atoms with E-state index in [2.05, 4.69) is 61.3 Å². The van der Waals surface area contributed by atoms with Gasteiger partial charge in [-0.3, -0.25) is 4.68 Å². The number of rotatable bonds is 6. The first-order valence-corrected chi connectivity index (χ1v) is 13.9. The fourth-order valence-corrected chi connectivity index (χ4v) is 5.64. The molecule has 0 saturated heterocycles. The number of fused-ring (bicyclic) bond motifs is 3. The van der Waals surface area contributed by atoms with Crippen LogP contribution in [-0.4, -0.2) is 19.3 Å². The van der Waals surface area contributed by atoms with Crippen LogP contribution in [0.3, 0.4) is 0 Å². The van der Waals surface area contributed by atoms with E-state index in [4.69, 9.17) is 9.84 Å². The van der Waals surface area contributed by atoms with Crippen LogP contribution in [0.4, 0.5) is 4.39 Å². The molecule has 3 heterocycles. The second-order valence-corrected chi connectivity index (χ2v) is 10.3. The molecule has 214 valence electrons. The number of halogens is 1. The van der Waals surface area contributed by atoms with Crippen LogP contribution >= 0.6 is 0 Å². The summed E-state index contributed by atoms with van der Waals surface area (Å²) in [7, 11) is 0. The minimum atomic E-state index is -0.349. The van der Waals surface area contributed by atoms with Crippen molar-refractivity contribution in [2.24, 2.45) is 0 Å². The van der Waals surface area contributed by atoms with Gasteiger partial charge in [-0.1, -0.05) is 54.9 Å². The largest absolute Gasteiger partial charge is 2.00 e. The number of benzene rings is 4. The molecule has 0 unspecified atom stereocenters. The molecule has 0 saturated carbocycles. The van der Waals surface area contributed by atoms with Crippen molar-refractivity contribution in [2.45, 2.75) is 27.2 Å². The van der Waals surface area contributed by atoms with E-state index in [0.717, 1.165) is 56.4 Å². The molecule has 7 rings (SSSR count). The molecule has 0 amide bonds. The van der Waals surface area contributed by atoms with Gasteiger partial charge in [-0.15, -0.1) is 35.7 Å². The van der Waals surface area contributed by atoms with Crippen molar-refractivity contribution >= 4 is 21.8 Å². The normalized spacial score (nSPS) is 11.2. The van der Waals surface area contributed by atoms with Crippen LogP contribution in [0, 0.1) is 31.8 Å². The minimum Gasteiger partial charge on any atom is -0.509 e. The molecule has 0 aliphatic rings. The Hall–Kier alpha value is -4.54. The molecule has 0 N–H and O–H groups in total. The topological polar surface area (TPSA) is 44.9 Å². The zero-order chi connectivity index (χ0) is 28.8. The van der Waals surface area contributed by atoms with Crippen LogP contribution in [0.2, 0.25) is 0 Å². The van der Waals surface area contributed by atoms with Gasteiger partial charge in [0.25, 0.3) is 0 Å². The van der Waals surface area contributed by atoms with E-state index in [0.29, 0.717) is 17.3 Å². The van der Waals surface area contributed by atoms with Crippen LogP contribution in [0.1, 0.15) is 23.9 Å². The van der Waals surface area contributed by atoms with E-state index >= 15 is 0 Å². The van der Waals surface area contributed by atoms with Gasteiger partial charge in [-0.25, -0.2) is 9.37 Å². The molecule has 3 aromatic heterocycles. The molecule has 4 aromatic carbocycles. The van der Waals surface area contributed by atoms with Crippen molar-refractivity contribution in [2.75, 3.05) is 0 Å². The smallest absolute Gasteiger partial charge is 0.509 e. The minimum absolute atomic E-state index is 0. The monoisotopic (exact) mass is 745 g/mol. The van der Waals surface area contributed by atoms with Crippen LogP contribution in [-0.2, 0) is 27.5 Å². The number of pyridine rings is 1. The van der Waals surface area contributed by atoms with Crippen molar-refractivity contribution in [3.8, 4) is 34.1 Å². The van der Waals surface area contributed by atoms with E-state index in [1.807, 2.05) is 64.7 Å². The summed E-state index contributed by atoms with van der Waals surface area (Å²) in [6.45, 7) is 6.21. The van der Waals surface area contributed by atoms with Gasteiger partial charge in [0.15, 0.2) is 0 Å². The first-order valence-electron chi connectivity index (χ1n) is 13.9. The Balaban J connectivity index is 0.00000329. The number of aromatic nitrogens is 4.